The molecule has 2 aromatic rings. The topological polar surface area (TPSA) is 43.8 Å². The molecule has 2 N–H and O–H groups in total. The zero-order chi connectivity index (χ0) is 10.8. The summed E-state index contributed by atoms with van der Waals surface area (Å²) >= 11 is 0. The minimum Gasteiger partial charge on any atom is -0.328 e. The number of aromatic nitrogens is 2. The van der Waals surface area contributed by atoms with Gasteiger partial charge in [-0.05, 0) is 18.4 Å². The molecule has 3 heteroatoms. The van der Waals surface area contributed by atoms with Crippen LogP contribution in [0.5, 0.6) is 0 Å². The summed E-state index contributed by atoms with van der Waals surface area (Å²) in [5.41, 5.74) is 10.1. The van der Waals surface area contributed by atoms with Crippen LogP contribution >= 0.6 is 0 Å². The van der Waals surface area contributed by atoms with Crippen molar-refractivity contribution in [3.63, 3.8) is 0 Å². The SMILES string of the molecule is NC1CC2(C1)c1ccccc1-c1cncn12. The molecule has 0 bridgehead atoms. The Bertz CT molecular complexity index is 564. The Morgan fingerprint density at radius 1 is 1.31 bits per heavy atom. The molecule has 3 nitrogen and oxygen atoms in total. The van der Waals surface area contributed by atoms with E-state index in [2.05, 4.69) is 33.8 Å². The van der Waals surface area contributed by atoms with E-state index in [1.165, 1.54) is 16.8 Å². The van der Waals surface area contributed by atoms with Gasteiger partial charge in [-0.2, -0.15) is 0 Å². The van der Waals surface area contributed by atoms with Gasteiger partial charge in [-0.25, -0.2) is 4.98 Å². The summed E-state index contributed by atoms with van der Waals surface area (Å²) in [4.78, 5) is 4.27. The van der Waals surface area contributed by atoms with Gasteiger partial charge < -0.3 is 10.3 Å². The van der Waals surface area contributed by atoms with Crippen molar-refractivity contribution in [1.29, 1.82) is 0 Å². The van der Waals surface area contributed by atoms with Crippen LogP contribution in [0.4, 0.5) is 0 Å². The third-order valence-electron chi connectivity index (χ3n) is 4.00. The number of hydrogen-bond donors (Lipinski definition) is 1. The van der Waals surface area contributed by atoms with E-state index < -0.39 is 0 Å². The van der Waals surface area contributed by atoms with Crippen molar-refractivity contribution < 1.29 is 0 Å². The van der Waals surface area contributed by atoms with Gasteiger partial charge in [-0.1, -0.05) is 24.3 Å². The first kappa shape index (κ1) is 8.53. The Hall–Kier alpha value is -1.61. The van der Waals surface area contributed by atoms with E-state index in [0.29, 0.717) is 6.04 Å². The number of hydrogen-bond acceptors (Lipinski definition) is 2. The van der Waals surface area contributed by atoms with Crippen LogP contribution in [0, 0.1) is 0 Å². The number of fused-ring (bicyclic) bond motifs is 5. The number of nitrogens with zero attached hydrogens (tertiary/aromatic N) is 2. The molecule has 0 amide bonds. The fourth-order valence-electron chi connectivity index (χ4n) is 3.30. The number of nitrogens with two attached hydrogens (primary N) is 1. The van der Waals surface area contributed by atoms with Crippen LogP contribution in [0.3, 0.4) is 0 Å². The van der Waals surface area contributed by atoms with E-state index in [9.17, 15) is 0 Å². The van der Waals surface area contributed by atoms with Gasteiger partial charge in [-0.15, -0.1) is 0 Å². The molecular weight excluding hydrogens is 198 g/mol. The second-order valence-corrected chi connectivity index (χ2v) is 4.89. The Labute approximate surface area is 93.9 Å². The summed E-state index contributed by atoms with van der Waals surface area (Å²) in [6.07, 6.45) is 5.97. The van der Waals surface area contributed by atoms with Crippen molar-refractivity contribution in [3.8, 4) is 11.3 Å². The standard InChI is InChI=1S/C13H13N3/c14-9-5-13(6-9)11-4-2-1-3-10(11)12-7-15-8-16(12)13/h1-4,7-9H,5-6,14H2. The van der Waals surface area contributed by atoms with Crippen molar-refractivity contribution >= 4 is 0 Å². The normalized spacial score (nSPS) is 29.9. The fraction of sp³-hybridized carbons (Fsp3) is 0.308. The van der Waals surface area contributed by atoms with Gasteiger partial charge in [0.15, 0.2) is 0 Å². The molecule has 16 heavy (non-hydrogen) atoms. The summed E-state index contributed by atoms with van der Waals surface area (Å²) in [5.74, 6) is 0. The molecular formula is C13H13N3. The smallest absolute Gasteiger partial charge is 0.0959 e. The Balaban J connectivity index is 2.03. The highest BCUT2D eigenvalue weighted by molar-refractivity contribution is 5.71. The number of imidazole rings is 1. The Kier molecular flexibility index (Phi) is 1.36. The van der Waals surface area contributed by atoms with Gasteiger partial charge in [0.25, 0.3) is 0 Å². The zero-order valence-corrected chi connectivity index (χ0v) is 8.93. The molecule has 1 aromatic carbocycles. The van der Waals surface area contributed by atoms with Crippen molar-refractivity contribution in [2.75, 3.05) is 0 Å². The molecule has 80 valence electrons. The Morgan fingerprint density at radius 3 is 2.94 bits per heavy atom. The summed E-state index contributed by atoms with van der Waals surface area (Å²) in [6.45, 7) is 0. The van der Waals surface area contributed by atoms with E-state index in [0.717, 1.165) is 12.8 Å². The predicted molar refractivity (Wildman–Crippen MR) is 61.9 cm³/mol. The predicted octanol–water partition coefficient (Wildman–Crippen LogP) is 1.73. The average Bonchev–Trinajstić information content (AvgIpc) is 2.80. The molecule has 1 saturated carbocycles. The van der Waals surface area contributed by atoms with Gasteiger partial charge in [0.2, 0.25) is 0 Å². The highest BCUT2D eigenvalue weighted by Crippen LogP contribution is 2.53. The molecule has 0 unspecified atom stereocenters. The van der Waals surface area contributed by atoms with E-state index in [1.54, 1.807) is 0 Å². The number of rotatable bonds is 0. The van der Waals surface area contributed by atoms with Crippen molar-refractivity contribution in [2.45, 2.75) is 24.4 Å². The largest absolute Gasteiger partial charge is 0.328 e. The minimum atomic E-state index is 0.113. The lowest BCUT2D eigenvalue weighted by Gasteiger charge is -2.45. The van der Waals surface area contributed by atoms with Crippen LogP contribution in [0.15, 0.2) is 36.8 Å². The summed E-state index contributed by atoms with van der Waals surface area (Å²) in [7, 11) is 0. The molecule has 2 heterocycles. The van der Waals surface area contributed by atoms with E-state index in [-0.39, 0.29) is 5.54 Å². The lowest BCUT2D eigenvalue weighted by Crippen LogP contribution is -2.52. The van der Waals surface area contributed by atoms with Crippen LogP contribution in [0.1, 0.15) is 18.4 Å². The second kappa shape index (κ2) is 2.55. The minimum absolute atomic E-state index is 0.113. The lowest BCUT2D eigenvalue weighted by atomic mass is 9.69. The van der Waals surface area contributed by atoms with Crippen molar-refractivity contribution in [1.82, 2.24) is 9.55 Å². The molecule has 1 fully saturated rings. The highest BCUT2D eigenvalue weighted by Gasteiger charge is 2.50. The van der Waals surface area contributed by atoms with Gasteiger partial charge in [0.1, 0.15) is 0 Å². The van der Waals surface area contributed by atoms with Gasteiger partial charge in [0, 0.05) is 11.6 Å². The molecule has 2 aliphatic rings. The summed E-state index contributed by atoms with van der Waals surface area (Å²) in [6, 6.07) is 8.95. The average molecular weight is 211 g/mol. The third kappa shape index (κ3) is 0.780. The maximum Gasteiger partial charge on any atom is 0.0959 e. The molecule has 1 aliphatic carbocycles. The molecule has 1 aliphatic heterocycles. The van der Waals surface area contributed by atoms with Crippen LogP contribution in [0.25, 0.3) is 11.3 Å². The summed E-state index contributed by atoms with van der Waals surface area (Å²) in [5, 5.41) is 0. The summed E-state index contributed by atoms with van der Waals surface area (Å²) < 4.78 is 2.31. The third-order valence-corrected chi connectivity index (χ3v) is 4.00. The van der Waals surface area contributed by atoms with Gasteiger partial charge in [-0.3, -0.25) is 0 Å². The zero-order valence-electron chi connectivity index (χ0n) is 8.93. The van der Waals surface area contributed by atoms with Crippen molar-refractivity contribution in [2.24, 2.45) is 5.73 Å². The molecule has 0 atom stereocenters. The van der Waals surface area contributed by atoms with Crippen molar-refractivity contribution in [3.05, 3.63) is 42.4 Å². The van der Waals surface area contributed by atoms with Crippen LogP contribution in [-0.2, 0) is 5.54 Å². The van der Waals surface area contributed by atoms with E-state index in [4.69, 9.17) is 5.73 Å². The van der Waals surface area contributed by atoms with Crippen LogP contribution in [0.2, 0.25) is 0 Å². The maximum atomic E-state index is 5.98. The quantitative estimate of drug-likeness (QED) is 0.721. The lowest BCUT2D eigenvalue weighted by molar-refractivity contribution is 0.173. The molecule has 0 saturated heterocycles. The molecule has 0 radical (unpaired) electrons. The first-order valence-corrected chi connectivity index (χ1v) is 5.69. The first-order chi connectivity index (χ1) is 7.81. The maximum absolute atomic E-state index is 5.98. The van der Waals surface area contributed by atoms with E-state index in [1.807, 2.05) is 12.5 Å². The molecule has 1 aromatic heterocycles. The number of benzene rings is 1. The fourth-order valence-corrected chi connectivity index (χ4v) is 3.30. The second-order valence-electron chi connectivity index (χ2n) is 4.89. The van der Waals surface area contributed by atoms with Crippen LogP contribution in [-0.4, -0.2) is 15.6 Å². The first-order valence-electron chi connectivity index (χ1n) is 5.69. The Morgan fingerprint density at radius 2 is 2.12 bits per heavy atom. The van der Waals surface area contributed by atoms with Crippen LogP contribution < -0.4 is 5.73 Å². The molecule has 4 rings (SSSR count). The molecule has 1 spiro atoms. The van der Waals surface area contributed by atoms with E-state index >= 15 is 0 Å². The highest BCUT2D eigenvalue weighted by atomic mass is 15.2. The van der Waals surface area contributed by atoms with Gasteiger partial charge >= 0.3 is 0 Å². The van der Waals surface area contributed by atoms with Gasteiger partial charge in [0.05, 0.1) is 23.8 Å². The monoisotopic (exact) mass is 211 g/mol.